The molecule has 1 fully saturated rings. The number of hydrogen-bond donors (Lipinski definition) is 2. The minimum atomic E-state index is -4.04. The molecule has 2 N–H and O–H groups in total. The van der Waals surface area contributed by atoms with E-state index in [1.807, 2.05) is 0 Å². The molecule has 1 heterocycles. The second-order valence-corrected chi connectivity index (χ2v) is 8.39. The molecular weight excluding hydrogens is 369 g/mol. The summed E-state index contributed by atoms with van der Waals surface area (Å²) in [5, 5.41) is 2.78. The largest absolute Gasteiger partial charge is 0.352 e. The topological polar surface area (TPSA) is 78.5 Å². The van der Waals surface area contributed by atoms with Gasteiger partial charge in [0.2, 0.25) is 10.0 Å². The van der Waals surface area contributed by atoms with E-state index in [4.69, 9.17) is 0 Å². The fourth-order valence-electron chi connectivity index (χ4n) is 3.06. The third-order valence-electron chi connectivity index (χ3n) is 4.54. The summed E-state index contributed by atoms with van der Waals surface area (Å²) in [5.74, 6) is -1.31. The van der Waals surface area contributed by atoms with Crippen molar-refractivity contribution in [2.75, 3.05) is 32.7 Å². The normalized spacial score (nSPS) is 15.9. The lowest BCUT2D eigenvalue weighted by Gasteiger charge is -2.19. The predicted molar refractivity (Wildman–Crippen MR) is 104 cm³/mol. The zero-order chi connectivity index (χ0) is 19.7. The highest BCUT2D eigenvalue weighted by molar-refractivity contribution is 7.89. The van der Waals surface area contributed by atoms with Crippen LogP contribution >= 0.6 is 0 Å². The first-order chi connectivity index (χ1) is 12.9. The molecule has 0 aliphatic carbocycles. The van der Waals surface area contributed by atoms with Crippen molar-refractivity contribution in [2.45, 2.75) is 37.0 Å². The van der Waals surface area contributed by atoms with Gasteiger partial charge in [0.25, 0.3) is 5.91 Å². The molecule has 6 nitrogen and oxygen atoms in total. The molecule has 0 aromatic heterocycles. The first-order valence-corrected chi connectivity index (χ1v) is 10.8. The number of rotatable bonds is 9. The summed E-state index contributed by atoms with van der Waals surface area (Å²) >= 11 is 0. The smallest absolute Gasteiger partial charge is 0.251 e. The van der Waals surface area contributed by atoms with Crippen LogP contribution in [0.25, 0.3) is 0 Å². The highest BCUT2D eigenvalue weighted by Gasteiger charge is 2.20. The SMILES string of the molecule is C=CCNS(=O)(=O)c1cc(C(=O)NCCCN2CCCCCC2)ccc1F. The number of sulfonamides is 1. The number of hydrogen-bond acceptors (Lipinski definition) is 4. The highest BCUT2D eigenvalue weighted by atomic mass is 32.2. The Balaban J connectivity index is 1.90. The van der Waals surface area contributed by atoms with Gasteiger partial charge in [0.05, 0.1) is 0 Å². The van der Waals surface area contributed by atoms with Crippen molar-refractivity contribution < 1.29 is 17.6 Å². The number of carbonyl (C=O) groups is 1. The summed E-state index contributed by atoms with van der Waals surface area (Å²) in [6.07, 6.45) is 7.18. The lowest BCUT2D eigenvalue weighted by atomic mass is 10.2. The van der Waals surface area contributed by atoms with Gasteiger partial charge in [-0.3, -0.25) is 4.79 Å². The molecule has 0 unspecified atom stereocenters. The van der Waals surface area contributed by atoms with Gasteiger partial charge in [0.15, 0.2) is 0 Å². The average Bonchev–Trinajstić information content (AvgIpc) is 2.92. The van der Waals surface area contributed by atoms with E-state index in [1.165, 1.54) is 37.8 Å². The fourth-order valence-corrected chi connectivity index (χ4v) is 4.16. The number of halogens is 1. The maximum atomic E-state index is 13.9. The van der Waals surface area contributed by atoms with Gasteiger partial charge >= 0.3 is 0 Å². The van der Waals surface area contributed by atoms with Crippen LogP contribution in [0.2, 0.25) is 0 Å². The number of amides is 1. The molecular formula is C19H28FN3O3S. The molecule has 0 spiro atoms. The van der Waals surface area contributed by atoms with E-state index in [-0.39, 0.29) is 12.1 Å². The van der Waals surface area contributed by atoms with Gasteiger partial charge in [-0.2, -0.15) is 0 Å². The van der Waals surface area contributed by atoms with Crippen LogP contribution in [0.4, 0.5) is 4.39 Å². The van der Waals surface area contributed by atoms with E-state index in [0.29, 0.717) is 6.54 Å². The van der Waals surface area contributed by atoms with E-state index in [9.17, 15) is 17.6 Å². The molecule has 1 aliphatic heterocycles. The monoisotopic (exact) mass is 397 g/mol. The lowest BCUT2D eigenvalue weighted by Crippen LogP contribution is -2.31. The van der Waals surface area contributed by atoms with Crippen molar-refractivity contribution in [1.29, 1.82) is 0 Å². The Labute approximate surface area is 160 Å². The van der Waals surface area contributed by atoms with Crippen LogP contribution in [0.3, 0.4) is 0 Å². The Hall–Kier alpha value is -1.77. The quantitative estimate of drug-likeness (QED) is 0.495. The molecule has 2 rings (SSSR count). The highest BCUT2D eigenvalue weighted by Crippen LogP contribution is 2.16. The first kappa shape index (κ1) is 21.5. The average molecular weight is 398 g/mol. The Morgan fingerprint density at radius 1 is 1.22 bits per heavy atom. The number of nitrogens with zero attached hydrogens (tertiary/aromatic N) is 1. The zero-order valence-corrected chi connectivity index (χ0v) is 16.4. The molecule has 150 valence electrons. The number of likely N-dealkylation sites (tertiary alicyclic amines) is 1. The summed E-state index contributed by atoms with van der Waals surface area (Å²) < 4.78 is 40.4. The van der Waals surface area contributed by atoms with Crippen LogP contribution < -0.4 is 10.0 Å². The van der Waals surface area contributed by atoms with Gasteiger partial charge in [-0.05, 0) is 57.1 Å². The third-order valence-corrected chi connectivity index (χ3v) is 5.97. The van der Waals surface area contributed by atoms with Crippen LogP contribution in [0, 0.1) is 5.82 Å². The zero-order valence-electron chi connectivity index (χ0n) is 15.5. The minimum absolute atomic E-state index is 0.0191. The van der Waals surface area contributed by atoms with Crippen molar-refractivity contribution in [1.82, 2.24) is 14.9 Å². The van der Waals surface area contributed by atoms with E-state index in [2.05, 4.69) is 21.5 Å². The summed E-state index contributed by atoms with van der Waals surface area (Å²) in [5.41, 5.74) is 0.116. The van der Waals surface area contributed by atoms with Gasteiger partial charge in [0, 0.05) is 18.7 Å². The molecule has 1 saturated heterocycles. The van der Waals surface area contributed by atoms with Crippen molar-refractivity contribution in [3.63, 3.8) is 0 Å². The minimum Gasteiger partial charge on any atom is -0.352 e. The summed E-state index contributed by atoms with van der Waals surface area (Å²) in [7, 11) is -4.04. The van der Waals surface area contributed by atoms with Crippen molar-refractivity contribution in [3.8, 4) is 0 Å². The third kappa shape index (κ3) is 6.71. The Bertz CT molecular complexity index is 745. The van der Waals surface area contributed by atoms with Crippen LogP contribution in [0.5, 0.6) is 0 Å². The number of carbonyl (C=O) groups excluding carboxylic acids is 1. The van der Waals surface area contributed by atoms with E-state index >= 15 is 0 Å². The van der Waals surface area contributed by atoms with Gasteiger partial charge in [-0.1, -0.05) is 18.9 Å². The second-order valence-electron chi connectivity index (χ2n) is 6.65. The Morgan fingerprint density at radius 2 is 1.93 bits per heavy atom. The molecule has 0 atom stereocenters. The van der Waals surface area contributed by atoms with Crippen molar-refractivity contribution in [2.24, 2.45) is 0 Å². The number of nitrogens with one attached hydrogen (secondary N) is 2. The molecule has 8 heteroatoms. The van der Waals surface area contributed by atoms with Gasteiger partial charge in [-0.15, -0.1) is 6.58 Å². The molecule has 1 aromatic carbocycles. The first-order valence-electron chi connectivity index (χ1n) is 9.35. The summed E-state index contributed by atoms with van der Waals surface area (Å²) in [4.78, 5) is 14.1. The number of benzene rings is 1. The van der Waals surface area contributed by atoms with Gasteiger partial charge < -0.3 is 10.2 Å². The van der Waals surface area contributed by atoms with E-state index in [1.54, 1.807) is 0 Å². The molecule has 0 radical (unpaired) electrons. The van der Waals surface area contributed by atoms with Gasteiger partial charge in [0.1, 0.15) is 10.7 Å². The standard InChI is InChI=1S/C19H28FN3O3S/c1-2-10-22-27(25,26)18-15-16(8-9-17(18)20)19(24)21-11-7-14-23-12-5-3-4-6-13-23/h2,8-9,15,22H,1,3-7,10-14H2,(H,21,24). The van der Waals surface area contributed by atoms with E-state index < -0.39 is 26.6 Å². The lowest BCUT2D eigenvalue weighted by molar-refractivity contribution is 0.0951. The summed E-state index contributed by atoms with van der Waals surface area (Å²) in [6, 6.07) is 3.34. The maximum Gasteiger partial charge on any atom is 0.251 e. The second kappa shape index (κ2) is 10.5. The van der Waals surface area contributed by atoms with Crippen molar-refractivity contribution in [3.05, 3.63) is 42.2 Å². The Kier molecular flexibility index (Phi) is 8.40. The van der Waals surface area contributed by atoms with Crippen LogP contribution in [-0.4, -0.2) is 51.9 Å². The van der Waals surface area contributed by atoms with Crippen LogP contribution in [-0.2, 0) is 10.0 Å². The molecule has 1 amide bonds. The summed E-state index contributed by atoms with van der Waals surface area (Å²) in [6.45, 7) is 7.02. The van der Waals surface area contributed by atoms with Gasteiger partial charge in [-0.25, -0.2) is 17.5 Å². The fraction of sp³-hybridized carbons (Fsp3) is 0.526. The Morgan fingerprint density at radius 3 is 2.59 bits per heavy atom. The van der Waals surface area contributed by atoms with Crippen molar-refractivity contribution >= 4 is 15.9 Å². The molecule has 1 aliphatic rings. The van der Waals surface area contributed by atoms with Crippen LogP contribution in [0.15, 0.2) is 35.7 Å². The van der Waals surface area contributed by atoms with Crippen LogP contribution in [0.1, 0.15) is 42.5 Å². The molecule has 27 heavy (non-hydrogen) atoms. The predicted octanol–water partition coefficient (Wildman–Crippen LogP) is 2.29. The molecule has 1 aromatic rings. The molecule has 0 bridgehead atoms. The van der Waals surface area contributed by atoms with E-state index in [0.717, 1.165) is 38.2 Å². The molecule has 0 saturated carbocycles. The maximum absolute atomic E-state index is 13.9.